The van der Waals surface area contributed by atoms with Gasteiger partial charge in [0.15, 0.2) is 0 Å². The lowest BCUT2D eigenvalue weighted by Crippen LogP contribution is -2.33. The Balaban J connectivity index is 2.04. The van der Waals surface area contributed by atoms with E-state index < -0.39 is 11.9 Å². The summed E-state index contributed by atoms with van der Waals surface area (Å²) in [6.07, 6.45) is 1.57. The lowest BCUT2D eigenvalue weighted by atomic mass is 10.1. The number of benzene rings is 2. The molecule has 0 spiro atoms. The second kappa shape index (κ2) is 10.7. The first kappa shape index (κ1) is 23.3. The van der Waals surface area contributed by atoms with E-state index in [2.05, 4.69) is 0 Å². The number of carboxylic acids is 1. The number of carbonyl (C=O) groups is 3. The summed E-state index contributed by atoms with van der Waals surface area (Å²) in [5.41, 5.74) is 7.46. The van der Waals surface area contributed by atoms with E-state index in [0.29, 0.717) is 29.0 Å². The van der Waals surface area contributed by atoms with Gasteiger partial charge in [-0.2, -0.15) is 0 Å². The number of esters is 1. The first-order valence-electron chi connectivity index (χ1n) is 9.67. The SMILES string of the molecule is CCN(CCC(=O)O)C(=O)C(C)=Cc1ccc(C(=O)Oc2ccc(C(=N)N)cc2)cc1. The van der Waals surface area contributed by atoms with Gasteiger partial charge < -0.3 is 20.5 Å². The Labute approximate surface area is 180 Å². The summed E-state index contributed by atoms with van der Waals surface area (Å²) in [7, 11) is 0. The lowest BCUT2D eigenvalue weighted by molar-refractivity contribution is -0.138. The Hall–Kier alpha value is -3.94. The number of amidine groups is 1. The molecule has 1 amide bonds. The minimum atomic E-state index is -0.954. The number of nitrogen functional groups attached to an aromatic ring is 1. The van der Waals surface area contributed by atoms with Crippen LogP contribution in [0.1, 0.15) is 41.8 Å². The topological polar surface area (TPSA) is 134 Å². The Morgan fingerprint density at radius 1 is 1.06 bits per heavy atom. The Bertz CT molecular complexity index is 995. The van der Waals surface area contributed by atoms with Gasteiger partial charge in [0.2, 0.25) is 5.91 Å². The summed E-state index contributed by atoms with van der Waals surface area (Å²) >= 11 is 0. The third-order valence-electron chi connectivity index (χ3n) is 4.51. The van der Waals surface area contributed by atoms with Crippen LogP contribution in [-0.4, -0.2) is 46.8 Å². The summed E-state index contributed by atoms with van der Waals surface area (Å²) in [5, 5.41) is 16.2. The average molecular weight is 423 g/mol. The number of aliphatic carboxylic acids is 1. The molecule has 2 rings (SSSR count). The number of nitrogens with one attached hydrogen (secondary N) is 1. The van der Waals surface area contributed by atoms with Crippen LogP contribution in [0.4, 0.5) is 0 Å². The molecule has 8 nitrogen and oxygen atoms in total. The Morgan fingerprint density at radius 2 is 1.65 bits per heavy atom. The number of nitrogens with two attached hydrogens (primary N) is 1. The van der Waals surface area contributed by atoms with Gasteiger partial charge in [0.05, 0.1) is 12.0 Å². The van der Waals surface area contributed by atoms with E-state index >= 15 is 0 Å². The van der Waals surface area contributed by atoms with Gasteiger partial charge in [0.25, 0.3) is 0 Å². The predicted octanol–water partition coefficient (Wildman–Crippen LogP) is 2.92. The van der Waals surface area contributed by atoms with Crippen molar-refractivity contribution in [1.82, 2.24) is 4.90 Å². The smallest absolute Gasteiger partial charge is 0.343 e. The van der Waals surface area contributed by atoms with E-state index in [0.717, 1.165) is 5.56 Å². The molecule has 0 aliphatic carbocycles. The highest BCUT2D eigenvalue weighted by Crippen LogP contribution is 2.16. The van der Waals surface area contributed by atoms with E-state index in [9.17, 15) is 14.4 Å². The summed E-state index contributed by atoms with van der Waals surface area (Å²) < 4.78 is 5.31. The molecule has 0 aromatic heterocycles. The first-order chi connectivity index (χ1) is 14.7. The number of hydrogen-bond donors (Lipinski definition) is 3. The molecule has 0 saturated carbocycles. The highest BCUT2D eigenvalue weighted by molar-refractivity contribution is 5.98. The number of nitrogens with zero attached hydrogens (tertiary/aromatic N) is 1. The molecule has 0 atom stereocenters. The number of carboxylic acid groups (broad SMARTS) is 1. The second-order valence-electron chi connectivity index (χ2n) is 6.81. The molecular formula is C23H25N3O5. The van der Waals surface area contributed by atoms with Crippen molar-refractivity contribution in [2.45, 2.75) is 20.3 Å². The monoisotopic (exact) mass is 423 g/mol. The molecule has 0 aliphatic heterocycles. The van der Waals surface area contributed by atoms with Gasteiger partial charge in [-0.25, -0.2) is 4.79 Å². The summed E-state index contributed by atoms with van der Waals surface area (Å²) in [6.45, 7) is 4.02. The molecule has 0 radical (unpaired) electrons. The van der Waals surface area contributed by atoms with Crippen LogP contribution in [0.5, 0.6) is 5.75 Å². The zero-order chi connectivity index (χ0) is 23.0. The lowest BCUT2D eigenvalue weighted by Gasteiger charge is -2.20. The van der Waals surface area contributed by atoms with Crippen molar-refractivity contribution in [3.8, 4) is 5.75 Å². The van der Waals surface area contributed by atoms with E-state index in [1.54, 1.807) is 68.5 Å². The van der Waals surface area contributed by atoms with Crippen molar-refractivity contribution in [2.75, 3.05) is 13.1 Å². The highest BCUT2D eigenvalue weighted by Gasteiger charge is 2.15. The fourth-order valence-corrected chi connectivity index (χ4v) is 2.78. The number of hydrogen-bond acceptors (Lipinski definition) is 5. The quantitative estimate of drug-likeness (QED) is 0.187. The van der Waals surface area contributed by atoms with E-state index in [4.69, 9.17) is 21.0 Å². The van der Waals surface area contributed by atoms with E-state index in [-0.39, 0.29) is 24.7 Å². The van der Waals surface area contributed by atoms with Crippen LogP contribution in [0.2, 0.25) is 0 Å². The maximum absolute atomic E-state index is 12.5. The van der Waals surface area contributed by atoms with Crippen LogP contribution in [0, 0.1) is 5.41 Å². The summed E-state index contributed by atoms with van der Waals surface area (Å²) in [4.78, 5) is 37.0. The standard InChI is InChI=1S/C23H25N3O5/c1-3-26(13-12-20(27)28)22(29)15(2)14-16-4-6-18(7-5-16)23(30)31-19-10-8-17(9-11-19)21(24)25/h4-11,14H,3,12-13H2,1-2H3,(H3,24,25)(H,27,28). The Kier molecular flexibility index (Phi) is 8.08. The molecule has 0 heterocycles. The average Bonchev–Trinajstić information content (AvgIpc) is 2.74. The first-order valence-corrected chi connectivity index (χ1v) is 9.67. The third-order valence-corrected chi connectivity index (χ3v) is 4.51. The molecule has 8 heteroatoms. The van der Waals surface area contributed by atoms with Gasteiger partial charge in [0.1, 0.15) is 11.6 Å². The molecule has 0 unspecified atom stereocenters. The van der Waals surface area contributed by atoms with Gasteiger partial charge in [0, 0.05) is 24.2 Å². The van der Waals surface area contributed by atoms with Crippen LogP contribution >= 0.6 is 0 Å². The van der Waals surface area contributed by atoms with Crippen LogP contribution in [0.3, 0.4) is 0 Å². The summed E-state index contributed by atoms with van der Waals surface area (Å²) in [6, 6.07) is 12.9. The normalized spacial score (nSPS) is 11.0. The molecule has 31 heavy (non-hydrogen) atoms. The number of likely N-dealkylation sites (N-methyl/N-ethyl adjacent to an activating group) is 1. The Morgan fingerprint density at radius 3 is 2.16 bits per heavy atom. The van der Waals surface area contributed by atoms with E-state index in [1.807, 2.05) is 0 Å². The van der Waals surface area contributed by atoms with Crippen LogP contribution in [0.25, 0.3) is 6.08 Å². The van der Waals surface area contributed by atoms with Crippen LogP contribution in [-0.2, 0) is 9.59 Å². The number of carbonyl (C=O) groups excluding carboxylic acids is 2. The fraction of sp³-hybridized carbons (Fsp3) is 0.217. The van der Waals surface area contributed by atoms with Gasteiger partial charge in [-0.15, -0.1) is 0 Å². The van der Waals surface area contributed by atoms with Crippen molar-refractivity contribution in [1.29, 1.82) is 5.41 Å². The number of amides is 1. The second-order valence-corrected chi connectivity index (χ2v) is 6.81. The minimum Gasteiger partial charge on any atom is -0.481 e. The molecule has 0 bridgehead atoms. The van der Waals surface area contributed by atoms with Crippen molar-refractivity contribution in [3.63, 3.8) is 0 Å². The predicted molar refractivity (Wildman–Crippen MR) is 117 cm³/mol. The molecule has 2 aromatic carbocycles. The van der Waals surface area contributed by atoms with Crippen LogP contribution in [0.15, 0.2) is 54.1 Å². The molecule has 0 aliphatic rings. The van der Waals surface area contributed by atoms with Gasteiger partial charge >= 0.3 is 11.9 Å². The molecular weight excluding hydrogens is 398 g/mol. The molecule has 0 fully saturated rings. The zero-order valence-corrected chi connectivity index (χ0v) is 17.4. The van der Waals surface area contributed by atoms with Crippen LogP contribution < -0.4 is 10.5 Å². The van der Waals surface area contributed by atoms with Gasteiger partial charge in [-0.05, 0) is 61.9 Å². The van der Waals surface area contributed by atoms with Gasteiger partial charge in [-0.3, -0.25) is 15.0 Å². The van der Waals surface area contributed by atoms with Crippen molar-refractivity contribution in [3.05, 3.63) is 70.8 Å². The highest BCUT2D eigenvalue weighted by atomic mass is 16.5. The fourth-order valence-electron chi connectivity index (χ4n) is 2.78. The summed E-state index contributed by atoms with van der Waals surface area (Å²) in [5.74, 6) is -1.46. The van der Waals surface area contributed by atoms with E-state index in [1.165, 1.54) is 4.90 Å². The zero-order valence-electron chi connectivity index (χ0n) is 17.4. The minimum absolute atomic E-state index is 0.0701. The molecule has 0 saturated heterocycles. The van der Waals surface area contributed by atoms with Gasteiger partial charge in [-0.1, -0.05) is 12.1 Å². The molecule has 4 N–H and O–H groups in total. The maximum atomic E-state index is 12.5. The van der Waals surface area contributed by atoms with Crippen molar-refractivity contribution < 1.29 is 24.2 Å². The van der Waals surface area contributed by atoms with Crippen molar-refractivity contribution in [2.24, 2.45) is 5.73 Å². The number of rotatable bonds is 9. The molecule has 2 aromatic rings. The largest absolute Gasteiger partial charge is 0.481 e. The number of ether oxygens (including phenoxy) is 1. The van der Waals surface area contributed by atoms with Crippen molar-refractivity contribution >= 4 is 29.8 Å². The third kappa shape index (κ3) is 6.81. The molecule has 162 valence electrons. The maximum Gasteiger partial charge on any atom is 0.343 e.